The van der Waals surface area contributed by atoms with E-state index in [4.69, 9.17) is 0 Å². The Balaban J connectivity index is 1.56. The summed E-state index contributed by atoms with van der Waals surface area (Å²) in [4.78, 5) is 12.1. The number of para-hydroxylation sites is 1. The van der Waals surface area contributed by atoms with Crippen molar-refractivity contribution in [1.29, 1.82) is 0 Å². The van der Waals surface area contributed by atoms with Gasteiger partial charge in [-0.2, -0.15) is 5.10 Å². The number of hydrogen-bond acceptors (Lipinski definition) is 2. The predicted molar refractivity (Wildman–Crippen MR) is 96.4 cm³/mol. The summed E-state index contributed by atoms with van der Waals surface area (Å²) in [6.07, 6.45) is 4.89. The van der Waals surface area contributed by atoms with Crippen LogP contribution in [0.3, 0.4) is 0 Å². The van der Waals surface area contributed by atoms with E-state index in [0.29, 0.717) is 12.8 Å². The van der Waals surface area contributed by atoms with Gasteiger partial charge in [0.1, 0.15) is 0 Å². The zero-order chi connectivity index (χ0) is 16.9. The average Bonchev–Trinajstić information content (AvgIpc) is 3.06. The molecule has 0 saturated heterocycles. The van der Waals surface area contributed by atoms with Crippen LogP contribution in [0.25, 0.3) is 5.69 Å². The van der Waals surface area contributed by atoms with E-state index >= 15 is 0 Å². The SMILES string of the molecule is Cc1ccc(NC(=O)CCc2cnn(-c3ccccc3)c2)cc1C. The van der Waals surface area contributed by atoms with Gasteiger partial charge in [0.2, 0.25) is 5.91 Å². The maximum Gasteiger partial charge on any atom is 0.224 e. The number of carbonyl (C=O) groups is 1. The molecule has 2 aromatic carbocycles. The van der Waals surface area contributed by atoms with E-state index < -0.39 is 0 Å². The molecular formula is C20H21N3O. The van der Waals surface area contributed by atoms with Gasteiger partial charge < -0.3 is 5.32 Å². The molecule has 0 atom stereocenters. The Morgan fingerprint density at radius 2 is 1.88 bits per heavy atom. The number of amides is 1. The third kappa shape index (κ3) is 3.90. The minimum Gasteiger partial charge on any atom is -0.326 e. The fraction of sp³-hybridized carbons (Fsp3) is 0.200. The molecule has 0 radical (unpaired) electrons. The van der Waals surface area contributed by atoms with Crippen molar-refractivity contribution in [2.75, 3.05) is 5.32 Å². The second-order valence-electron chi connectivity index (χ2n) is 5.98. The van der Waals surface area contributed by atoms with Gasteiger partial charge in [0.25, 0.3) is 0 Å². The van der Waals surface area contributed by atoms with Gasteiger partial charge in [-0.05, 0) is 61.2 Å². The monoisotopic (exact) mass is 319 g/mol. The largest absolute Gasteiger partial charge is 0.326 e. The summed E-state index contributed by atoms with van der Waals surface area (Å²) in [7, 11) is 0. The number of anilines is 1. The number of rotatable bonds is 5. The molecule has 0 saturated carbocycles. The van der Waals surface area contributed by atoms with E-state index in [0.717, 1.165) is 16.9 Å². The molecule has 0 fully saturated rings. The molecular weight excluding hydrogens is 298 g/mol. The molecule has 1 N–H and O–H groups in total. The van der Waals surface area contributed by atoms with Crippen molar-refractivity contribution in [3.05, 3.63) is 77.6 Å². The second-order valence-corrected chi connectivity index (χ2v) is 5.98. The fourth-order valence-electron chi connectivity index (χ4n) is 2.51. The van der Waals surface area contributed by atoms with Crippen LogP contribution in [0.4, 0.5) is 5.69 Å². The maximum absolute atomic E-state index is 12.1. The average molecular weight is 319 g/mol. The molecule has 3 aromatic rings. The lowest BCUT2D eigenvalue weighted by atomic mass is 10.1. The quantitative estimate of drug-likeness (QED) is 0.771. The molecule has 0 aliphatic rings. The Bertz CT molecular complexity index is 837. The number of benzene rings is 2. The van der Waals surface area contributed by atoms with Crippen molar-refractivity contribution in [3.63, 3.8) is 0 Å². The molecule has 1 amide bonds. The maximum atomic E-state index is 12.1. The Morgan fingerprint density at radius 3 is 2.62 bits per heavy atom. The highest BCUT2D eigenvalue weighted by molar-refractivity contribution is 5.90. The van der Waals surface area contributed by atoms with Gasteiger partial charge in [-0.15, -0.1) is 0 Å². The van der Waals surface area contributed by atoms with Crippen LogP contribution < -0.4 is 5.32 Å². The van der Waals surface area contributed by atoms with Crippen LogP contribution in [0.15, 0.2) is 60.9 Å². The number of carbonyl (C=O) groups excluding carboxylic acids is 1. The molecule has 24 heavy (non-hydrogen) atoms. The molecule has 0 unspecified atom stereocenters. The van der Waals surface area contributed by atoms with Crippen LogP contribution in [0.2, 0.25) is 0 Å². The van der Waals surface area contributed by atoms with Crippen LogP contribution in [-0.4, -0.2) is 15.7 Å². The van der Waals surface area contributed by atoms with Crippen molar-refractivity contribution < 1.29 is 4.79 Å². The zero-order valence-corrected chi connectivity index (χ0v) is 14.0. The lowest BCUT2D eigenvalue weighted by Crippen LogP contribution is -2.12. The van der Waals surface area contributed by atoms with Gasteiger partial charge in [0.15, 0.2) is 0 Å². The van der Waals surface area contributed by atoms with Gasteiger partial charge >= 0.3 is 0 Å². The van der Waals surface area contributed by atoms with Crippen LogP contribution >= 0.6 is 0 Å². The van der Waals surface area contributed by atoms with E-state index in [1.807, 2.05) is 72.5 Å². The lowest BCUT2D eigenvalue weighted by molar-refractivity contribution is -0.116. The van der Waals surface area contributed by atoms with E-state index in [1.54, 1.807) is 0 Å². The summed E-state index contributed by atoms with van der Waals surface area (Å²) in [5, 5.41) is 7.31. The number of aryl methyl sites for hydroxylation is 3. The van der Waals surface area contributed by atoms with Gasteiger partial charge in [0, 0.05) is 18.3 Å². The summed E-state index contributed by atoms with van der Waals surface area (Å²) < 4.78 is 1.83. The van der Waals surface area contributed by atoms with Crippen LogP contribution in [0, 0.1) is 13.8 Å². The van der Waals surface area contributed by atoms with Crippen molar-refractivity contribution in [2.45, 2.75) is 26.7 Å². The number of nitrogens with one attached hydrogen (secondary N) is 1. The highest BCUT2D eigenvalue weighted by Gasteiger charge is 2.06. The standard InChI is InChI=1S/C20H21N3O/c1-15-8-10-18(12-16(15)2)22-20(24)11-9-17-13-21-23(14-17)19-6-4-3-5-7-19/h3-8,10,12-14H,9,11H2,1-2H3,(H,22,24). The van der Waals surface area contributed by atoms with Crippen molar-refractivity contribution in [2.24, 2.45) is 0 Å². The van der Waals surface area contributed by atoms with E-state index in [9.17, 15) is 4.79 Å². The highest BCUT2D eigenvalue weighted by Crippen LogP contribution is 2.15. The summed E-state index contributed by atoms with van der Waals surface area (Å²) in [5.74, 6) is 0.0192. The minimum atomic E-state index is 0.0192. The first-order valence-corrected chi connectivity index (χ1v) is 8.08. The molecule has 122 valence electrons. The third-order valence-corrected chi connectivity index (χ3v) is 4.09. The van der Waals surface area contributed by atoms with E-state index in [-0.39, 0.29) is 5.91 Å². The number of nitrogens with zero attached hydrogens (tertiary/aromatic N) is 2. The second kappa shape index (κ2) is 7.13. The summed E-state index contributed by atoms with van der Waals surface area (Å²) in [5.41, 5.74) is 5.32. The van der Waals surface area contributed by atoms with Gasteiger partial charge in [-0.3, -0.25) is 4.79 Å². The minimum absolute atomic E-state index is 0.0192. The lowest BCUT2D eigenvalue weighted by Gasteiger charge is -2.07. The Hall–Kier alpha value is -2.88. The highest BCUT2D eigenvalue weighted by atomic mass is 16.1. The smallest absolute Gasteiger partial charge is 0.224 e. The zero-order valence-electron chi connectivity index (χ0n) is 14.0. The first-order valence-electron chi connectivity index (χ1n) is 8.08. The molecule has 0 spiro atoms. The Morgan fingerprint density at radius 1 is 1.08 bits per heavy atom. The number of aromatic nitrogens is 2. The molecule has 1 aromatic heterocycles. The first-order chi connectivity index (χ1) is 11.6. The van der Waals surface area contributed by atoms with Crippen molar-refractivity contribution in [3.8, 4) is 5.69 Å². The topological polar surface area (TPSA) is 46.9 Å². The molecule has 0 aliphatic heterocycles. The van der Waals surface area contributed by atoms with Crippen molar-refractivity contribution >= 4 is 11.6 Å². The molecule has 0 aliphatic carbocycles. The molecule has 4 heteroatoms. The Labute approximate surface area is 142 Å². The van der Waals surface area contributed by atoms with Crippen LogP contribution in [0.5, 0.6) is 0 Å². The molecule has 0 bridgehead atoms. The van der Waals surface area contributed by atoms with E-state index in [2.05, 4.69) is 17.3 Å². The number of hydrogen-bond donors (Lipinski definition) is 1. The van der Waals surface area contributed by atoms with Gasteiger partial charge in [-0.25, -0.2) is 4.68 Å². The molecule has 1 heterocycles. The van der Waals surface area contributed by atoms with Crippen LogP contribution in [-0.2, 0) is 11.2 Å². The summed E-state index contributed by atoms with van der Waals surface area (Å²) >= 11 is 0. The fourth-order valence-corrected chi connectivity index (χ4v) is 2.51. The predicted octanol–water partition coefficient (Wildman–Crippen LogP) is 4.06. The molecule has 4 nitrogen and oxygen atoms in total. The third-order valence-electron chi connectivity index (χ3n) is 4.09. The first kappa shape index (κ1) is 16.0. The summed E-state index contributed by atoms with van der Waals surface area (Å²) in [6, 6.07) is 15.9. The summed E-state index contributed by atoms with van der Waals surface area (Å²) in [6.45, 7) is 4.11. The van der Waals surface area contributed by atoms with E-state index in [1.165, 1.54) is 11.1 Å². The molecule has 3 rings (SSSR count). The normalized spacial score (nSPS) is 10.6. The Kier molecular flexibility index (Phi) is 4.75. The van der Waals surface area contributed by atoms with Crippen molar-refractivity contribution in [1.82, 2.24) is 9.78 Å². The van der Waals surface area contributed by atoms with Crippen LogP contribution in [0.1, 0.15) is 23.1 Å². The van der Waals surface area contributed by atoms with Gasteiger partial charge in [-0.1, -0.05) is 24.3 Å². The van der Waals surface area contributed by atoms with Gasteiger partial charge in [0.05, 0.1) is 11.9 Å².